The summed E-state index contributed by atoms with van der Waals surface area (Å²) in [6.45, 7) is 0.667. The van der Waals surface area contributed by atoms with E-state index in [-0.39, 0.29) is 12.8 Å². The zero-order valence-corrected chi connectivity index (χ0v) is 13.2. The fraction of sp³-hybridized carbons (Fsp3) is 1.00. The van der Waals surface area contributed by atoms with E-state index in [2.05, 4.69) is 0 Å². The van der Waals surface area contributed by atoms with E-state index < -0.39 is 52.7 Å². The van der Waals surface area contributed by atoms with E-state index in [9.17, 15) is 61.3 Å². The molecule has 0 aliphatic carbocycles. The molecule has 0 bridgehead atoms. The van der Waals surface area contributed by atoms with Gasteiger partial charge in [0, 0.05) is 6.54 Å². The molecule has 0 aromatic carbocycles. The topological polar surface area (TPSA) is 29.1 Å². The first kappa shape index (κ1) is 25.2. The number of unbranched alkanes of at least 4 members (excludes halogenated alkanes) is 1. The molecule has 0 saturated carbocycles. The molecule has 0 spiro atoms. The third-order valence-electron chi connectivity index (χ3n) is 2.90. The maximum atomic E-state index is 13.3. The van der Waals surface area contributed by atoms with Crippen molar-refractivity contribution in [1.82, 2.24) is 4.72 Å². The van der Waals surface area contributed by atoms with Crippen LogP contribution in [-0.4, -0.2) is 45.9 Å². The molecule has 1 atom stereocenters. The van der Waals surface area contributed by atoms with Crippen LogP contribution in [0.2, 0.25) is 0 Å². The molecule has 0 radical (unpaired) electrons. The van der Waals surface area contributed by atoms with Crippen LogP contribution in [0.3, 0.4) is 0 Å². The van der Waals surface area contributed by atoms with Crippen LogP contribution in [0.25, 0.3) is 0 Å². The standard InChI is InChI=1S/C10H10F13NOS/c1-2-3-4-24-26(25)10(22,23)8(17,18)6(13,14)5(11,12)7(15,16)9(19,20)21/h24H,2-4H2,1H3. The molecule has 0 heterocycles. The highest BCUT2D eigenvalue weighted by atomic mass is 32.2. The van der Waals surface area contributed by atoms with Crippen LogP contribution in [0.15, 0.2) is 0 Å². The summed E-state index contributed by atoms with van der Waals surface area (Å²) in [7, 11) is -4.50. The molecule has 1 N–H and O–H groups in total. The van der Waals surface area contributed by atoms with Gasteiger partial charge in [0.25, 0.3) is 0 Å². The zero-order chi connectivity index (χ0) is 21.4. The van der Waals surface area contributed by atoms with Gasteiger partial charge in [-0.2, -0.15) is 57.1 Å². The third kappa shape index (κ3) is 3.75. The van der Waals surface area contributed by atoms with Crippen LogP contribution in [0.1, 0.15) is 19.8 Å². The van der Waals surface area contributed by atoms with Crippen molar-refractivity contribution in [3.63, 3.8) is 0 Å². The lowest BCUT2D eigenvalue weighted by atomic mass is 9.98. The van der Waals surface area contributed by atoms with Crippen molar-refractivity contribution in [2.24, 2.45) is 0 Å². The average molecular weight is 439 g/mol. The maximum Gasteiger partial charge on any atom is 0.460 e. The van der Waals surface area contributed by atoms with Gasteiger partial charge < -0.3 is 0 Å². The van der Waals surface area contributed by atoms with Crippen molar-refractivity contribution in [2.75, 3.05) is 6.54 Å². The van der Waals surface area contributed by atoms with E-state index in [1.54, 1.807) is 0 Å². The second-order valence-corrected chi connectivity index (χ2v) is 6.17. The lowest BCUT2D eigenvalue weighted by Gasteiger charge is -2.39. The number of halogens is 13. The van der Waals surface area contributed by atoms with Crippen molar-refractivity contribution in [2.45, 2.75) is 54.9 Å². The summed E-state index contributed by atoms with van der Waals surface area (Å²) in [6.07, 6.45) is -7.39. The Morgan fingerprint density at radius 3 is 1.42 bits per heavy atom. The van der Waals surface area contributed by atoms with E-state index in [4.69, 9.17) is 0 Å². The first-order valence-corrected chi connectivity index (χ1v) is 7.49. The summed E-state index contributed by atoms with van der Waals surface area (Å²) < 4.78 is 178. The van der Waals surface area contributed by atoms with E-state index >= 15 is 0 Å². The van der Waals surface area contributed by atoms with Gasteiger partial charge in [-0.3, -0.25) is 0 Å². The first-order chi connectivity index (χ1) is 11.2. The highest BCUT2D eigenvalue weighted by Gasteiger charge is 2.91. The van der Waals surface area contributed by atoms with Gasteiger partial charge in [-0.25, -0.2) is 8.93 Å². The van der Waals surface area contributed by atoms with Gasteiger partial charge in [-0.1, -0.05) is 13.3 Å². The van der Waals surface area contributed by atoms with Gasteiger partial charge in [0.1, 0.15) is 0 Å². The zero-order valence-electron chi connectivity index (χ0n) is 12.4. The average Bonchev–Trinajstić information content (AvgIpc) is 2.45. The third-order valence-corrected chi connectivity index (χ3v) is 4.09. The van der Waals surface area contributed by atoms with Crippen molar-refractivity contribution < 1.29 is 61.3 Å². The summed E-state index contributed by atoms with van der Waals surface area (Å²) in [5, 5.41) is -6.62. The molecule has 0 aromatic heterocycles. The van der Waals surface area contributed by atoms with Crippen LogP contribution in [0, 0.1) is 0 Å². The normalized spacial score (nSPS) is 16.7. The van der Waals surface area contributed by atoms with Gasteiger partial charge in [0.05, 0.1) is 0 Å². The van der Waals surface area contributed by atoms with Gasteiger partial charge >= 0.3 is 35.1 Å². The molecule has 0 rings (SSSR count). The Kier molecular flexibility index (Phi) is 7.09. The minimum atomic E-state index is -7.99. The summed E-state index contributed by atoms with van der Waals surface area (Å²) >= 11 is 0. The second kappa shape index (κ2) is 7.31. The first-order valence-electron chi connectivity index (χ1n) is 6.34. The van der Waals surface area contributed by atoms with Crippen molar-refractivity contribution >= 4 is 11.0 Å². The fourth-order valence-electron chi connectivity index (χ4n) is 1.30. The SMILES string of the molecule is CCCCNS(=O)C(F)(F)C(F)(F)C(F)(F)C(F)(F)C(F)(F)C(F)(F)F. The molecular formula is C10H10F13NOS. The monoisotopic (exact) mass is 439 g/mol. The van der Waals surface area contributed by atoms with Crippen LogP contribution in [0.5, 0.6) is 0 Å². The van der Waals surface area contributed by atoms with Crippen LogP contribution in [-0.2, 0) is 11.0 Å². The predicted molar refractivity (Wildman–Crippen MR) is 61.8 cm³/mol. The van der Waals surface area contributed by atoms with Crippen LogP contribution < -0.4 is 4.72 Å². The minimum Gasteiger partial charge on any atom is -0.236 e. The fourth-order valence-corrected chi connectivity index (χ4v) is 2.18. The van der Waals surface area contributed by atoms with Crippen molar-refractivity contribution in [1.29, 1.82) is 0 Å². The Bertz CT molecular complexity index is 516. The lowest BCUT2D eigenvalue weighted by Crippen LogP contribution is -2.71. The molecule has 1 unspecified atom stereocenters. The lowest BCUT2D eigenvalue weighted by molar-refractivity contribution is -0.433. The van der Waals surface area contributed by atoms with Gasteiger partial charge in [-0.15, -0.1) is 0 Å². The predicted octanol–water partition coefficient (Wildman–Crippen LogP) is 4.74. The molecule has 0 saturated heterocycles. The van der Waals surface area contributed by atoms with E-state index in [1.165, 1.54) is 6.92 Å². The summed E-state index contributed by atoms with van der Waals surface area (Å²) in [5.41, 5.74) is 0. The Hall–Kier alpha value is -0.800. The van der Waals surface area contributed by atoms with E-state index in [0.29, 0.717) is 0 Å². The molecule has 26 heavy (non-hydrogen) atoms. The molecular weight excluding hydrogens is 429 g/mol. The number of nitrogens with one attached hydrogen (secondary N) is 1. The Labute approximate surface area is 139 Å². The van der Waals surface area contributed by atoms with Gasteiger partial charge in [-0.05, 0) is 6.42 Å². The summed E-state index contributed by atoms with van der Waals surface area (Å²) in [4.78, 5) is 0. The second-order valence-electron chi connectivity index (χ2n) is 4.83. The Morgan fingerprint density at radius 2 is 1.08 bits per heavy atom. The molecule has 0 aromatic rings. The van der Waals surface area contributed by atoms with E-state index in [0.717, 1.165) is 4.72 Å². The van der Waals surface area contributed by atoms with E-state index in [1.807, 2.05) is 0 Å². The highest BCUT2D eigenvalue weighted by Crippen LogP contribution is 2.60. The quantitative estimate of drug-likeness (QED) is 0.409. The molecule has 0 fully saturated rings. The molecule has 16 heteroatoms. The molecule has 0 aliphatic rings. The minimum absolute atomic E-state index is 0.119. The molecule has 0 amide bonds. The number of hydrogen-bond acceptors (Lipinski definition) is 1. The largest absolute Gasteiger partial charge is 0.460 e. The van der Waals surface area contributed by atoms with Crippen molar-refractivity contribution in [3.8, 4) is 0 Å². The number of rotatable bonds is 9. The summed E-state index contributed by atoms with van der Waals surface area (Å²) in [6, 6.07) is 0. The molecule has 0 aliphatic heterocycles. The van der Waals surface area contributed by atoms with Crippen molar-refractivity contribution in [3.05, 3.63) is 0 Å². The van der Waals surface area contributed by atoms with Crippen LogP contribution in [0.4, 0.5) is 57.1 Å². The Morgan fingerprint density at radius 1 is 0.692 bits per heavy atom. The van der Waals surface area contributed by atoms with Gasteiger partial charge in [0.2, 0.25) is 0 Å². The maximum absolute atomic E-state index is 13.3. The van der Waals surface area contributed by atoms with Gasteiger partial charge in [0.15, 0.2) is 11.0 Å². The highest BCUT2D eigenvalue weighted by molar-refractivity contribution is 7.84. The smallest absolute Gasteiger partial charge is 0.236 e. The Balaban J connectivity index is 6.04. The molecule has 158 valence electrons. The number of hydrogen-bond donors (Lipinski definition) is 1. The van der Waals surface area contributed by atoms with Crippen LogP contribution >= 0.6 is 0 Å². The number of alkyl halides is 13. The molecule has 2 nitrogen and oxygen atoms in total. The summed E-state index contributed by atoms with van der Waals surface area (Å²) in [5.74, 6) is -31.2.